The highest BCUT2D eigenvalue weighted by Gasteiger charge is 2.33. The summed E-state index contributed by atoms with van der Waals surface area (Å²) in [6, 6.07) is 4.74. The molecule has 1 saturated heterocycles. The summed E-state index contributed by atoms with van der Waals surface area (Å²) in [4.78, 5) is 4.43. The summed E-state index contributed by atoms with van der Waals surface area (Å²) in [6.45, 7) is 5.99. The maximum absolute atomic E-state index is 13.4. The Labute approximate surface area is 122 Å². The van der Waals surface area contributed by atoms with Gasteiger partial charge in [-0.15, -0.1) is 0 Å². The highest BCUT2D eigenvalue weighted by atomic mass is 19.1. The number of rotatable bonds is 4. The molecule has 0 amide bonds. The summed E-state index contributed by atoms with van der Waals surface area (Å²) >= 11 is 0. The lowest BCUT2D eigenvalue weighted by Crippen LogP contribution is -2.34. The Morgan fingerprint density at radius 2 is 2.24 bits per heavy atom. The normalized spacial score (nSPS) is 21.9. The fourth-order valence-electron chi connectivity index (χ4n) is 2.59. The van der Waals surface area contributed by atoms with Gasteiger partial charge < -0.3 is 14.6 Å². The number of nitrogens with one attached hydrogen (secondary N) is 1. The van der Waals surface area contributed by atoms with Gasteiger partial charge in [-0.2, -0.15) is 4.98 Å². The lowest BCUT2D eigenvalue weighted by Gasteiger charge is -2.13. The fourth-order valence-corrected chi connectivity index (χ4v) is 2.59. The average Bonchev–Trinajstić information content (AvgIpc) is 3.10. The molecule has 0 bridgehead atoms. The van der Waals surface area contributed by atoms with E-state index in [1.165, 1.54) is 12.1 Å². The molecule has 1 fully saturated rings. The summed E-state index contributed by atoms with van der Waals surface area (Å²) < 4.78 is 24.2. The monoisotopic (exact) mass is 291 g/mol. The van der Waals surface area contributed by atoms with Crippen LogP contribution >= 0.6 is 0 Å². The van der Waals surface area contributed by atoms with Gasteiger partial charge in [0.25, 0.3) is 0 Å². The van der Waals surface area contributed by atoms with Crippen LogP contribution in [0.3, 0.4) is 0 Å². The Morgan fingerprint density at radius 1 is 1.38 bits per heavy atom. The topological polar surface area (TPSA) is 60.2 Å². The molecule has 1 aromatic heterocycles. The van der Waals surface area contributed by atoms with E-state index in [0.29, 0.717) is 30.5 Å². The first kappa shape index (κ1) is 14.2. The van der Waals surface area contributed by atoms with E-state index in [2.05, 4.69) is 15.5 Å². The van der Waals surface area contributed by atoms with E-state index >= 15 is 0 Å². The molecule has 21 heavy (non-hydrogen) atoms. The van der Waals surface area contributed by atoms with Crippen molar-refractivity contribution < 1.29 is 13.7 Å². The van der Waals surface area contributed by atoms with Crippen LogP contribution in [0.1, 0.15) is 24.3 Å². The second-order valence-electron chi connectivity index (χ2n) is 5.22. The van der Waals surface area contributed by atoms with Gasteiger partial charge in [0.2, 0.25) is 11.7 Å². The molecule has 5 nitrogen and oxygen atoms in total. The average molecular weight is 291 g/mol. The lowest BCUT2D eigenvalue weighted by molar-refractivity contribution is 0.185. The van der Waals surface area contributed by atoms with Crippen LogP contribution in [0.2, 0.25) is 0 Å². The van der Waals surface area contributed by atoms with Crippen molar-refractivity contribution in [3.05, 3.63) is 35.5 Å². The summed E-state index contributed by atoms with van der Waals surface area (Å²) in [5.41, 5.74) is 1.57. The Kier molecular flexibility index (Phi) is 3.98. The molecular weight excluding hydrogens is 273 g/mol. The highest BCUT2D eigenvalue weighted by Crippen LogP contribution is 2.28. The van der Waals surface area contributed by atoms with Gasteiger partial charge in [0.1, 0.15) is 5.82 Å². The van der Waals surface area contributed by atoms with Crippen molar-refractivity contribution in [3.63, 3.8) is 0 Å². The van der Waals surface area contributed by atoms with E-state index in [9.17, 15) is 4.39 Å². The van der Waals surface area contributed by atoms with E-state index < -0.39 is 0 Å². The van der Waals surface area contributed by atoms with Crippen molar-refractivity contribution in [1.29, 1.82) is 0 Å². The number of hydrogen-bond acceptors (Lipinski definition) is 5. The molecular formula is C15H18FN3O2. The summed E-state index contributed by atoms with van der Waals surface area (Å²) in [6.07, 6.45) is 0. The van der Waals surface area contributed by atoms with Gasteiger partial charge in [0, 0.05) is 11.6 Å². The largest absolute Gasteiger partial charge is 0.379 e. The van der Waals surface area contributed by atoms with Crippen LogP contribution < -0.4 is 5.32 Å². The summed E-state index contributed by atoms with van der Waals surface area (Å²) in [7, 11) is 0. The van der Waals surface area contributed by atoms with Gasteiger partial charge in [0.05, 0.1) is 19.1 Å². The van der Waals surface area contributed by atoms with Crippen molar-refractivity contribution in [2.45, 2.75) is 25.8 Å². The molecule has 0 aliphatic carbocycles. The molecule has 2 aromatic rings. The molecule has 0 saturated carbocycles. The standard InChI is InChI=1S/C15H18FN3O2/c1-3-17-13-8-20-7-12(13)15-18-14(19-21-15)11-6-10(16)5-4-9(11)2/h4-6,12-13,17H,3,7-8H2,1-2H3. The molecule has 3 rings (SSSR count). The zero-order valence-corrected chi connectivity index (χ0v) is 12.1. The summed E-state index contributed by atoms with van der Waals surface area (Å²) in [5.74, 6) is 0.693. The van der Waals surface area contributed by atoms with Gasteiger partial charge in [-0.1, -0.05) is 18.1 Å². The molecule has 0 radical (unpaired) electrons. The third-order valence-electron chi connectivity index (χ3n) is 3.75. The first-order valence-corrected chi connectivity index (χ1v) is 7.10. The molecule has 1 aliphatic heterocycles. The number of hydrogen-bond donors (Lipinski definition) is 1. The zero-order chi connectivity index (χ0) is 14.8. The quantitative estimate of drug-likeness (QED) is 0.936. The predicted octanol–water partition coefficient (Wildman–Crippen LogP) is 2.28. The number of nitrogens with zero attached hydrogens (tertiary/aromatic N) is 2. The van der Waals surface area contributed by atoms with Crippen LogP contribution in [0, 0.1) is 12.7 Å². The molecule has 6 heteroatoms. The van der Waals surface area contributed by atoms with Gasteiger partial charge >= 0.3 is 0 Å². The Balaban J connectivity index is 1.88. The molecule has 1 aliphatic rings. The van der Waals surface area contributed by atoms with Crippen LogP contribution in [-0.4, -0.2) is 35.9 Å². The first-order valence-electron chi connectivity index (χ1n) is 7.10. The van der Waals surface area contributed by atoms with Crippen molar-refractivity contribution >= 4 is 0 Å². The van der Waals surface area contributed by atoms with Crippen LogP contribution in [0.15, 0.2) is 22.7 Å². The van der Waals surface area contributed by atoms with Crippen molar-refractivity contribution in [2.75, 3.05) is 19.8 Å². The van der Waals surface area contributed by atoms with Gasteiger partial charge in [-0.25, -0.2) is 4.39 Å². The lowest BCUT2D eigenvalue weighted by atomic mass is 10.0. The Bertz CT molecular complexity index is 629. The van der Waals surface area contributed by atoms with Crippen molar-refractivity contribution in [2.24, 2.45) is 0 Å². The third-order valence-corrected chi connectivity index (χ3v) is 3.75. The van der Waals surface area contributed by atoms with Crippen LogP contribution in [0.25, 0.3) is 11.4 Å². The Morgan fingerprint density at radius 3 is 3.05 bits per heavy atom. The second kappa shape index (κ2) is 5.91. The smallest absolute Gasteiger partial charge is 0.234 e. The highest BCUT2D eigenvalue weighted by molar-refractivity contribution is 5.59. The second-order valence-corrected chi connectivity index (χ2v) is 5.22. The molecule has 112 valence electrons. The maximum Gasteiger partial charge on any atom is 0.234 e. The predicted molar refractivity (Wildman–Crippen MR) is 75.5 cm³/mol. The first-order chi connectivity index (χ1) is 10.2. The number of ether oxygens (including phenoxy) is 1. The zero-order valence-electron chi connectivity index (χ0n) is 12.1. The summed E-state index contributed by atoms with van der Waals surface area (Å²) in [5, 5.41) is 7.34. The molecule has 1 aromatic carbocycles. The third kappa shape index (κ3) is 2.82. The van der Waals surface area contributed by atoms with Crippen LogP contribution in [-0.2, 0) is 4.74 Å². The maximum atomic E-state index is 13.4. The molecule has 2 unspecified atom stereocenters. The minimum atomic E-state index is -0.309. The van der Waals surface area contributed by atoms with Gasteiger partial charge in [0.15, 0.2) is 0 Å². The van der Waals surface area contributed by atoms with Gasteiger partial charge in [-0.3, -0.25) is 0 Å². The van der Waals surface area contributed by atoms with Crippen LogP contribution in [0.4, 0.5) is 4.39 Å². The van der Waals surface area contributed by atoms with Crippen molar-refractivity contribution in [3.8, 4) is 11.4 Å². The number of aromatic nitrogens is 2. The number of benzene rings is 1. The van der Waals surface area contributed by atoms with E-state index in [1.807, 2.05) is 13.8 Å². The van der Waals surface area contributed by atoms with E-state index in [4.69, 9.17) is 9.26 Å². The van der Waals surface area contributed by atoms with E-state index in [0.717, 1.165) is 12.1 Å². The van der Waals surface area contributed by atoms with E-state index in [-0.39, 0.29) is 17.8 Å². The minimum absolute atomic E-state index is 0.0417. The number of likely N-dealkylation sites (N-methyl/N-ethyl adjacent to an activating group) is 1. The SMILES string of the molecule is CCNC1COCC1c1nc(-c2cc(F)ccc2C)no1. The molecule has 2 atom stereocenters. The van der Waals surface area contributed by atoms with Crippen molar-refractivity contribution in [1.82, 2.24) is 15.5 Å². The molecule has 1 N–H and O–H groups in total. The number of aryl methyl sites for hydroxylation is 1. The molecule has 0 spiro atoms. The minimum Gasteiger partial charge on any atom is -0.379 e. The van der Waals surface area contributed by atoms with Crippen LogP contribution in [0.5, 0.6) is 0 Å². The molecule has 2 heterocycles. The van der Waals surface area contributed by atoms with E-state index in [1.54, 1.807) is 6.07 Å². The van der Waals surface area contributed by atoms with Gasteiger partial charge in [-0.05, 0) is 31.2 Å². The number of halogens is 1. The Hall–Kier alpha value is -1.79. The fraction of sp³-hybridized carbons (Fsp3) is 0.467.